The molecule has 35 heavy (non-hydrogen) atoms. The third-order valence-corrected chi connectivity index (χ3v) is 5.44. The van der Waals surface area contributed by atoms with Gasteiger partial charge < -0.3 is 14.6 Å². The number of carbonyl (C=O) groups is 1. The molecule has 0 bridgehead atoms. The molecule has 0 unspecified atom stereocenters. The van der Waals surface area contributed by atoms with E-state index in [1.807, 2.05) is 30.3 Å². The molecular weight excluding hydrogens is 454 g/mol. The van der Waals surface area contributed by atoms with Gasteiger partial charge in [0.25, 0.3) is 0 Å². The molecule has 8 heteroatoms. The number of carboxylic acid groups (broad SMARTS) is 1. The van der Waals surface area contributed by atoms with Gasteiger partial charge in [-0.15, -0.1) is 0 Å². The van der Waals surface area contributed by atoms with Crippen LogP contribution in [0.15, 0.2) is 91.1 Å². The molecule has 0 saturated carbocycles. The van der Waals surface area contributed by atoms with E-state index in [1.165, 1.54) is 54.7 Å². The van der Waals surface area contributed by atoms with Crippen molar-refractivity contribution in [1.29, 1.82) is 0 Å². The minimum Gasteiger partial charge on any atom is -0.478 e. The van der Waals surface area contributed by atoms with Crippen LogP contribution in [0.1, 0.15) is 22.4 Å². The van der Waals surface area contributed by atoms with Crippen LogP contribution in [0.25, 0.3) is 0 Å². The smallest absolute Gasteiger partial charge is 0.348 e. The number of rotatable bonds is 9. The Bertz CT molecular complexity index is 1240. The predicted octanol–water partition coefficient (Wildman–Crippen LogP) is 5.06. The largest absolute Gasteiger partial charge is 0.478 e. The number of aromatic nitrogens is 2. The van der Waals surface area contributed by atoms with Gasteiger partial charge in [-0.2, -0.15) is 0 Å². The number of nitrogens with zero attached hydrogens (tertiary/aromatic N) is 2. The van der Waals surface area contributed by atoms with Crippen molar-refractivity contribution in [3.8, 4) is 6.01 Å². The second-order valence-corrected chi connectivity index (χ2v) is 7.84. The lowest BCUT2D eigenvalue weighted by atomic mass is 9.80. The molecule has 1 atom stereocenters. The van der Waals surface area contributed by atoms with Gasteiger partial charge in [0, 0.05) is 11.9 Å². The molecule has 0 spiro atoms. The standard InChI is InChI=1S/C27H22F2N2O4/c1-18-15-16-30-26(31-18)35-24(25(32)33)27(20-7-11-22(28)12-8-20,21-9-13-23(29)14-10-21)34-17-19-5-3-2-4-6-19/h2-16,24H,17H2,1H3,(H,32,33)/t24-/m1/s1. The molecule has 0 aliphatic carbocycles. The lowest BCUT2D eigenvalue weighted by molar-refractivity contribution is -0.166. The van der Waals surface area contributed by atoms with E-state index in [9.17, 15) is 18.7 Å². The second-order valence-electron chi connectivity index (χ2n) is 7.84. The van der Waals surface area contributed by atoms with E-state index in [-0.39, 0.29) is 12.6 Å². The summed E-state index contributed by atoms with van der Waals surface area (Å²) in [5.41, 5.74) is 0.0921. The van der Waals surface area contributed by atoms with E-state index in [0.717, 1.165) is 5.56 Å². The first-order chi connectivity index (χ1) is 16.9. The number of aryl methyl sites for hydroxylation is 1. The van der Waals surface area contributed by atoms with Crippen LogP contribution in [0.5, 0.6) is 6.01 Å². The Morgan fingerprint density at radius 3 is 2.00 bits per heavy atom. The molecule has 6 nitrogen and oxygen atoms in total. The van der Waals surface area contributed by atoms with Gasteiger partial charge in [-0.05, 0) is 53.9 Å². The fourth-order valence-corrected chi connectivity index (χ4v) is 3.77. The normalized spacial score (nSPS) is 12.2. The fourth-order valence-electron chi connectivity index (χ4n) is 3.77. The molecule has 4 rings (SSSR count). The summed E-state index contributed by atoms with van der Waals surface area (Å²) in [7, 11) is 0. The van der Waals surface area contributed by atoms with Crippen LogP contribution in [-0.4, -0.2) is 27.1 Å². The molecule has 0 amide bonds. The Morgan fingerprint density at radius 1 is 0.914 bits per heavy atom. The van der Waals surface area contributed by atoms with Gasteiger partial charge in [-0.1, -0.05) is 54.6 Å². The summed E-state index contributed by atoms with van der Waals surface area (Å²) in [4.78, 5) is 20.9. The number of halogens is 2. The van der Waals surface area contributed by atoms with Crippen molar-refractivity contribution in [2.45, 2.75) is 25.2 Å². The van der Waals surface area contributed by atoms with Gasteiger partial charge >= 0.3 is 12.0 Å². The Labute approximate surface area is 200 Å². The molecule has 0 radical (unpaired) electrons. The maximum Gasteiger partial charge on any atom is 0.348 e. The first-order valence-electron chi connectivity index (χ1n) is 10.8. The van der Waals surface area contributed by atoms with Crippen LogP contribution in [0.2, 0.25) is 0 Å². The lowest BCUT2D eigenvalue weighted by Gasteiger charge is -2.39. The number of carboxylic acids is 1. The van der Waals surface area contributed by atoms with Gasteiger partial charge in [-0.25, -0.2) is 23.5 Å². The summed E-state index contributed by atoms with van der Waals surface area (Å²) >= 11 is 0. The summed E-state index contributed by atoms with van der Waals surface area (Å²) in [6.45, 7) is 1.70. The molecule has 1 heterocycles. The van der Waals surface area contributed by atoms with E-state index in [1.54, 1.807) is 13.0 Å². The molecule has 0 aliphatic heterocycles. The summed E-state index contributed by atoms with van der Waals surface area (Å²) in [5.74, 6) is -2.41. The SMILES string of the molecule is Cc1ccnc(O[C@H](C(=O)O)C(OCc2ccccc2)(c2ccc(F)cc2)c2ccc(F)cc2)n1. The third-order valence-electron chi connectivity index (χ3n) is 5.44. The topological polar surface area (TPSA) is 81.5 Å². The van der Waals surface area contributed by atoms with Gasteiger partial charge in [0.2, 0.25) is 6.10 Å². The second kappa shape index (κ2) is 10.4. The number of aliphatic carboxylic acids is 1. The third kappa shape index (κ3) is 5.33. The maximum absolute atomic E-state index is 13.9. The zero-order valence-corrected chi connectivity index (χ0v) is 18.8. The van der Waals surface area contributed by atoms with Gasteiger partial charge in [0.15, 0.2) is 5.60 Å². The van der Waals surface area contributed by atoms with E-state index < -0.39 is 29.3 Å². The van der Waals surface area contributed by atoms with E-state index in [2.05, 4.69) is 9.97 Å². The van der Waals surface area contributed by atoms with Crippen LogP contribution >= 0.6 is 0 Å². The Kier molecular flexibility index (Phi) is 7.12. The quantitative estimate of drug-likeness (QED) is 0.364. The van der Waals surface area contributed by atoms with Gasteiger partial charge in [0.05, 0.1) is 6.61 Å². The highest BCUT2D eigenvalue weighted by atomic mass is 19.1. The van der Waals surface area contributed by atoms with Crippen LogP contribution in [0.4, 0.5) is 8.78 Å². The molecule has 0 fully saturated rings. The maximum atomic E-state index is 13.9. The summed E-state index contributed by atoms with van der Waals surface area (Å²) in [6.07, 6.45) is -0.275. The Balaban J connectivity index is 1.92. The number of benzene rings is 3. The number of ether oxygens (including phenoxy) is 2. The van der Waals surface area contributed by atoms with Crippen molar-refractivity contribution in [2.75, 3.05) is 0 Å². The van der Waals surface area contributed by atoms with E-state index in [0.29, 0.717) is 16.8 Å². The van der Waals surface area contributed by atoms with E-state index >= 15 is 0 Å². The highest BCUT2D eigenvalue weighted by Crippen LogP contribution is 2.40. The average Bonchev–Trinajstić information content (AvgIpc) is 2.86. The monoisotopic (exact) mass is 476 g/mol. The summed E-state index contributed by atoms with van der Waals surface area (Å²) < 4.78 is 40.0. The van der Waals surface area contributed by atoms with Crippen molar-refractivity contribution in [2.24, 2.45) is 0 Å². The Hall–Kier alpha value is -4.17. The van der Waals surface area contributed by atoms with Gasteiger partial charge in [0.1, 0.15) is 11.6 Å². The van der Waals surface area contributed by atoms with Crippen LogP contribution in [-0.2, 0) is 21.7 Å². The minimum atomic E-state index is -1.82. The molecule has 0 saturated heterocycles. The first kappa shape index (κ1) is 24.0. The van der Waals surface area contributed by atoms with Crippen LogP contribution < -0.4 is 4.74 Å². The van der Waals surface area contributed by atoms with Crippen molar-refractivity contribution in [1.82, 2.24) is 9.97 Å². The number of hydrogen-bond donors (Lipinski definition) is 1. The van der Waals surface area contributed by atoms with Crippen molar-refractivity contribution < 1.29 is 28.2 Å². The molecule has 1 aromatic heterocycles. The van der Waals surface area contributed by atoms with Gasteiger partial charge in [-0.3, -0.25) is 0 Å². The van der Waals surface area contributed by atoms with Crippen molar-refractivity contribution in [3.63, 3.8) is 0 Å². The number of hydrogen-bond acceptors (Lipinski definition) is 5. The average molecular weight is 476 g/mol. The highest BCUT2D eigenvalue weighted by Gasteiger charge is 2.50. The highest BCUT2D eigenvalue weighted by molar-refractivity contribution is 5.76. The van der Waals surface area contributed by atoms with Crippen molar-refractivity contribution in [3.05, 3.63) is 125 Å². The molecule has 4 aromatic rings. The fraction of sp³-hybridized carbons (Fsp3) is 0.148. The first-order valence-corrected chi connectivity index (χ1v) is 10.8. The zero-order chi connectivity index (χ0) is 24.8. The predicted molar refractivity (Wildman–Crippen MR) is 124 cm³/mol. The van der Waals surface area contributed by atoms with E-state index in [4.69, 9.17) is 9.47 Å². The lowest BCUT2D eigenvalue weighted by Crippen LogP contribution is -2.51. The van der Waals surface area contributed by atoms with Crippen molar-refractivity contribution >= 4 is 5.97 Å². The van der Waals surface area contributed by atoms with Crippen LogP contribution in [0, 0.1) is 18.6 Å². The molecule has 178 valence electrons. The molecule has 3 aromatic carbocycles. The summed E-state index contributed by atoms with van der Waals surface area (Å²) in [6, 6.07) is 21.0. The van der Waals surface area contributed by atoms with Crippen LogP contribution in [0.3, 0.4) is 0 Å². The molecular formula is C27H22F2N2O4. The molecule has 1 N–H and O–H groups in total. The Morgan fingerprint density at radius 2 is 1.49 bits per heavy atom. The summed E-state index contributed by atoms with van der Waals surface area (Å²) in [5, 5.41) is 10.4. The minimum absolute atomic E-state index is 0.0165. The zero-order valence-electron chi connectivity index (χ0n) is 18.8. The molecule has 0 aliphatic rings.